The maximum Gasteiger partial charge on any atom is 0.130 e. The molecular weight excluding hydrogens is 400 g/mol. The van der Waals surface area contributed by atoms with Crippen LogP contribution in [0.3, 0.4) is 0 Å². The Labute approximate surface area is 173 Å². The standard InChI is InChI=1S/C24H35BrO2/c1-3-5-6-7-12-18-27-24-20(4-2)19-23(26-17-13-8-11-16-25)21-14-9-10-15-22(21)24/h9-10,14-15,19H,3-8,11-13,16-18H2,1-2H3. The summed E-state index contributed by atoms with van der Waals surface area (Å²) in [5.41, 5.74) is 1.25. The lowest BCUT2D eigenvalue weighted by atomic mass is 10.0. The van der Waals surface area contributed by atoms with Crippen molar-refractivity contribution in [3.8, 4) is 11.5 Å². The molecule has 27 heavy (non-hydrogen) atoms. The minimum atomic E-state index is 0.776. The van der Waals surface area contributed by atoms with Gasteiger partial charge >= 0.3 is 0 Å². The maximum absolute atomic E-state index is 6.27. The van der Waals surface area contributed by atoms with Gasteiger partial charge in [0.1, 0.15) is 11.5 Å². The molecule has 2 aromatic carbocycles. The van der Waals surface area contributed by atoms with Crippen LogP contribution < -0.4 is 9.47 Å². The van der Waals surface area contributed by atoms with Crippen molar-refractivity contribution in [1.82, 2.24) is 0 Å². The number of benzene rings is 2. The van der Waals surface area contributed by atoms with Gasteiger partial charge in [-0.25, -0.2) is 0 Å². The summed E-state index contributed by atoms with van der Waals surface area (Å²) in [5.74, 6) is 2.05. The Morgan fingerprint density at radius 2 is 1.44 bits per heavy atom. The van der Waals surface area contributed by atoms with E-state index in [1.165, 1.54) is 49.5 Å². The zero-order valence-corrected chi connectivity index (χ0v) is 18.7. The first kappa shape index (κ1) is 22.1. The number of unbranched alkanes of at least 4 members (excludes halogenated alkanes) is 6. The van der Waals surface area contributed by atoms with Gasteiger partial charge in [0.05, 0.1) is 13.2 Å². The minimum absolute atomic E-state index is 0.776. The van der Waals surface area contributed by atoms with E-state index in [1.807, 2.05) is 0 Å². The molecule has 0 radical (unpaired) electrons. The average molecular weight is 435 g/mol. The van der Waals surface area contributed by atoms with Crippen molar-refractivity contribution in [2.75, 3.05) is 18.5 Å². The fourth-order valence-corrected chi connectivity index (χ4v) is 3.75. The summed E-state index contributed by atoms with van der Waals surface area (Å²) in [4.78, 5) is 0. The molecule has 2 rings (SSSR count). The summed E-state index contributed by atoms with van der Waals surface area (Å²) in [5, 5.41) is 3.41. The normalized spacial score (nSPS) is 11.1. The molecule has 0 bridgehead atoms. The Morgan fingerprint density at radius 3 is 2.15 bits per heavy atom. The fraction of sp³-hybridized carbons (Fsp3) is 0.583. The van der Waals surface area contributed by atoms with E-state index in [2.05, 4.69) is 60.1 Å². The molecule has 0 spiro atoms. The topological polar surface area (TPSA) is 18.5 Å². The van der Waals surface area contributed by atoms with Crippen molar-refractivity contribution in [3.05, 3.63) is 35.9 Å². The van der Waals surface area contributed by atoms with Crippen LogP contribution in [0.15, 0.2) is 30.3 Å². The first-order valence-corrected chi connectivity index (χ1v) is 11.8. The van der Waals surface area contributed by atoms with E-state index >= 15 is 0 Å². The van der Waals surface area contributed by atoms with Crippen LogP contribution in [0.4, 0.5) is 0 Å². The summed E-state index contributed by atoms with van der Waals surface area (Å²) in [6.45, 7) is 6.02. The van der Waals surface area contributed by atoms with Crippen LogP contribution in [0.2, 0.25) is 0 Å². The number of aryl methyl sites for hydroxylation is 1. The third kappa shape index (κ3) is 7.03. The third-order valence-corrected chi connectivity index (χ3v) is 5.51. The molecule has 0 unspecified atom stereocenters. The molecule has 3 heteroatoms. The molecule has 0 saturated carbocycles. The van der Waals surface area contributed by atoms with Crippen LogP contribution in [-0.4, -0.2) is 18.5 Å². The second-order valence-electron chi connectivity index (χ2n) is 7.12. The molecule has 0 aromatic heterocycles. The van der Waals surface area contributed by atoms with Crippen LogP contribution in [0.25, 0.3) is 10.8 Å². The van der Waals surface area contributed by atoms with Gasteiger partial charge < -0.3 is 9.47 Å². The summed E-state index contributed by atoms with van der Waals surface area (Å²) in [6.07, 6.45) is 10.7. The Hall–Kier alpha value is -1.22. The van der Waals surface area contributed by atoms with Gasteiger partial charge in [0, 0.05) is 16.1 Å². The maximum atomic E-state index is 6.27. The van der Waals surface area contributed by atoms with E-state index in [1.54, 1.807) is 0 Å². The van der Waals surface area contributed by atoms with Crippen LogP contribution in [0.5, 0.6) is 11.5 Å². The molecule has 2 aromatic rings. The summed E-state index contributed by atoms with van der Waals surface area (Å²) >= 11 is 3.49. The van der Waals surface area contributed by atoms with Gasteiger partial charge in [0.2, 0.25) is 0 Å². The lowest BCUT2D eigenvalue weighted by molar-refractivity contribution is 0.300. The SMILES string of the molecule is CCCCCCCOc1c(CC)cc(OCCCCCBr)c2ccccc12. The first-order chi connectivity index (χ1) is 13.3. The predicted molar refractivity (Wildman–Crippen MR) is 121 cm³/mol. The van der Waals surface area contributed by atoms with Crippen LogP contribution in [0, 0.1) is 0 Å². The molecule has 0 fully saturated rings. The molecule has 150 valence electrons. The van der Waals surface area contributed by atoms with E-state index < -0.39 is 0 Å². The molecule has 0 aliphatic heterocycles. The molecular formula is C24H35BrO2. The molecule has 0 atom stereocenters. The van der Waals surface area contributed by atoms with Crippen molar-refractivity contribution in [2.24, 2.45) is 0 Å². The van der Waals surface area contributed by atoms with E-state index in [0.29, 0.717) is 0 Å². The van der Waals surface area contributed by atoms with Crippen molar-refractivity contribution in [1.29, 1.82) is 0 Å². The van der Waals surface area contributed by atoms with Gasteiger partial charge in [-0.2, -0.15) is 0 Å². The van der Waals surface area contributed by atoms with Crippen molar-refractivity contribution >= 4 is 26.7 Å². The molecule has 0 amide bonds. The number of halogens is 1. The average Bonchev–Trinajstić information content (AvgIpc) is 2.71. The number of alkyl halides is 1. The Kier molecular flexibility index (Phi) is 10.7. The van der Waals surface area contributed by atoms with Crippen molar-refractivity contribution < 1.29 is 9.47 Å². The minimum Gasteiger partial charge on any atom is -0.493 e. The highest BCUT2D eigenvalue weighted by atomic mass is 79.9. The van der Waals surface area contributed by atoms with Gasteiger partial charge in [-0.15, -0.1) is 0 Å². The second-order valence-corrected chi connectivity index (χ2v) is 7.92. The van der Waals surface area contributed by atoms with Crippen LogP contribution >= 0.6 is 15.9 Å². The Morgan fingerprint density at radius 1 is 0.778 bits per heavy atom. The number of ether oxygens (including phenoxy) is 2. The number of hydrogen-bond acceptors (Lipinski definition) is 2. The Bertz CT molecular complexity index is 669. The van der Waals surface area contributed by atoms with Crippen molar-refractivity contribution in [2.45, 2.75) is 71.6 Å². The van der Waals surface area contributed by atoms with Crippen LogP contribution in [-0.2, 0) is 6.42 Å². The molecule has 0 heterocycles. The van der Waals surface area contributed by atoms with E-state index in [9.17, 15) is 0 Å². The number of hydrogen-bond donors (Lipinski definition) is 0. The smallest absolute Gasteiger partial charge is 0.130 e. The van der Waals surface area contributed by atoms with Gasteiger partial charge in [-0.1, -0.05) is 79.7 Å². The highest BCUT2D eigenvalue weighted by Gasteiger charge is 2.13. The lowest BCUT2D eigenvalue weighted by Crippen LogP contribution is -2.03. The largest absolute Gasteiger partial charge is 0.493 e. The number of rotatable bonds is 14. The number of fused-ring (bicyclic) bond motifs is 1. The van der Waals surface area contributed by atoms with E-state index in [0.717, 1.165) is 54.7 Å². The van der Waals surface area contributed by atoms with Gasteiger partial charge in [-0.05, 0) is 43.7 Å². The predicted octanol–water partition coefficient (Wildman–Crippen LogP) is 7.70. The fourth-order valence-electron chi connectivity index (χ4n) is 3.36. The summed E-state index contributed by atoms with van der Waals surface area (Å²) in [7, 11) is 0. The summed E-state index contributed by atoms with van der Waals surface area (Å²) in [6, 6.07) is 10.7. The molecule has 2 nitrogen and oxygen atoms in total. The van der Waals surface area contributed by atoms with Gasteiger partial charge in [-0.3, -0.25) is 0 Å². The van der Waals surface area contributed by atoms with Crippen molar-refractivity contribution in [3.63, 3.8) is 0 Å². The van der Waals surface area contributed by atoms with Gasteiger partial charge in [0.25, 0.3) is 0 Å². The van der Waals surface area contributed by atoms with E-state index in [-0.39, 0.29) is 0 Å². The molecule has 0 aliphatic carbocycles. The van der Waals surface area contributed by atoms with Crippen LogP contribution in [0.1, 0.15) is 70.8 Å². The second kappa shape index (κ2) is 13.0. The quantitative estimate of drug-likeness (QED) is 0.224. The first-order valence-electron chi connectivity index (χ1n) is 10.7. The molecule has 0 saturated heterocycles. The Balaban J connectivity index is 2.09. The third-order valence-electron chi connectivity index (χ3n) is 4.94. The highest BCUT2D eigenvalue weighted by Crippen LogP contribution is 2.37. The molecule has 0 N–H and O–H groups in total. The highest BCUT2D eigenvalue weighted by molar-refractivity contribution is 9.09. The van der Waals surface area contributed by atoms with Gasteiger partial charge in [0.15, 0.2) is 0 Å². The zero-order valence-electron chi connectivity index (χ0n) is 17.1. The lowest BCUT2D eigenvalue weighted by Gasteiger charge is -2.17. The molecule has 0 aliphatic rings. The van der Waals surface area contributed by atoms with E-state index in [4.69, 9.17) is 9.47 Å². The zero-order chi connectivity index (χ0) is 19.3. The summed E-state index contributed by atoms with van der Waals surface area (Å²) < 4.78 is 12.4. The monoisotopic (exact) mass is 434 g/mol.